The molecule has 2 N–H and O–H groups in total. The minimum Gasteiger partial charge on any atom is -0.490 e. The molecule has 25 heavy (non-hydrogen) atoms. The standard InChI is InChI=1S/C17H25F2N3O2.HI/c1-4-20-17(22-13-9-11(13)3)21-10-12-7-6-8-14(23-5-2)15(12)24-16(18)19;/h6-8,11,13,16H,4-5,9-10H2,1-3H3,(H2,20,21,22);1H. The van der Waals surface area contributed by atoms with Gasteiger partial charge in [0.1, 0.15) is 0 Å². The van der Waals surface area contributed by atoms with E-state index in [1.165, 1.54) is 0 Å². The molecule has 142 valence electrons. The van der Waals surface area contributed by atoms with Gasteiger partial charge < -0.3 is 20.1 Å². The van der Waals surface area contributed by atoms with Crippen molar-refractivity contribution in [3.63, 3.8) is 0 Å². The van der Waals surface area contributed by atoms with Crippen molar-refractivity contribution in [3.8, 4) is 11.5 Å². The second-order valence-corrected chi connectivity index (χ2v) is 5.71. The average molecular weight is 469 g/mol. The number of para-hydroxylation sites is 1. The summed E-state index contributed by atoms with van der Waals surface area (Å²) in [6, 6.07) is 5.50. The third kappa shape index (κ3) is 6.83. The summed E-state index contributed by atoms with van der Waals surface area (Å²) in [4.78, 5) is 4.48. The molecule has 2 atom stereocenters. The van der Waals surface area contributed by atoms with Crippen molar-refractivity contribution >= 4 is 29.9 Å². The Morgan fingerprint density at radius 1 is 1.36 bits per heavy atom. The number of hydrogen-bond acceptors (Lipinski definition) is 3. The first-order chi connectivity index (χ1) is 11.5. The van der Waals surface area contributed by atoms with E-state index in [4.69, 9.17) is 4.74 Å². The van der Waals surface area contributed by atoms with Gasteiger partial charge in [-0.3, -0.25) is 0 Å². The molecular weight excluding hydrogens is 443 g/mol. The lowest BCUT2D eigenvalue weighted by atomic mass is 10.2. The lowest BCUT2D eigenvalue weighted by molar-refractivity contribution is -0.0520. The summed E-state index contributed by atoms with van der Waals surface area (Å²) in [6.45, 7) is 4.35. The highest BCUT2D eigenvalue weighted by Gasteiger charge is 2.33. The molecule has 1 fully saturated rings. The van der Waals surface area contributed by atoms with Crippen LogP contribution in [0.5, 0.6) is 11.5 Å². The van der Waals surface area contributed by atoms with Gasteiger partial charge in [-0.15, -0.1) is 24.0 Å². The molecule has 0 aromatic heterocycles. The molecule has 1 aromatic rings. The zero-order valence-electron chi connectivity index (χ0n) is 14.7. The first-order valence-corrected chi connectivity index (χ1v) is 8.29. The molecule has 8 heteroatoms. The molecule has 0 radical (unpaired) electrons. The third-order valence-electron chi connectivity index (χ3n) is 3.75. The van der Waals surface area contributed by atoms with E-state index in [0.29, 0.717) is 35.8 Å². The second kappa shape index (κ2) is 10.6. The van der Waals surface area contributed by atoms with Gasteiger partial charge in [0.2, 0.25) is 0 Å². The highest BCUT2D eigenvalue weighted by atomic mass is 127. The van der Waals surface area contributed by atoms with Gasteiger partial charge in [0, 0.05) is 18.2 Å². The fourth-order valence-electron chi connectivity index (χ4n) is 2.36. The normalized spacial score (nSPS) is 19.2. The van der Waals surface area contributed by atoms with Crippen molar-refractivity contribution in [2.24, 2.45) is 10.9 Å². The third-order valence-corrected chi connectivity index (χ3v) is 3.75. The Morgan fingerprint density at radius 3 is 2.64 bits per heavy atom. The summed E-state index contributed by atoms with van der Waals surface area (Å²) < 4.78 is 35.5. The Morgan fingerprint density at radius 2 is 2.08 bits per heavy atom. The second-order valence-electron chi connectivity index (χ2n) is 5.71. The number of alkyl halides is 2. The minimum atomic E-state index is -2.91. The van der Waals surface area contributed by atoms with Crippen LogP contribution in [-0.4, -0.2) is 31.8 Å². The Balaban J connectivity index is 0.00000312. The molecule has 5 nitrogen and oxygen atoms in total. The van der Waals surface area contributed by atoms with Crippen molar-refractivity contribution < 1.29 is 18.3 Å². The van der Waals surface area contributed by atoms with E-state index in [0.717, 1.165) is 13.0 Å². The molecule has 1 saturated carbocycles. The van der Waals surface area contributed by atoms with Gasteiger partial charge in [0.25, 0.3) is 0 Å². The maximum atomic E-state index is 12.7. The Hall–Kier alpha value is -1.32. The summed E-state index contributed by atoms with van der Waals surface area (Å²) in [5.41, 5.74) is 0.558. The Bertz CT molecular complexity index is 573. The van der Waals surface area contributed by atoms with Crippen LogP contribution in [0.25, 0.3) is 0 Å². The van der Waals surface area contributed by atoms with E-state index in [1.54, 1.807) is 25.1 Å². The predicted molar refractivity (Wildman–Crippen MR) is 105 cm³/mol. The molecule has 0 amide bonds. The lowest BCUT2D eigenvalue weighted by Crippen LogP contribution is -2.39. The topological polar surface area (TPSA) is 54.9 Å². The van der Waals surface area contributed by atoms with Crippen molar-refractivity contribution in [1.29, 1.82) is 0 Å². The monoisotopic (exact) mass is 469 g/mol. The first-order valence-electron chi connectivity index (χ1n) is 8.29. The highest BCUT2D eigenvalue weighted by molar-refractivity contribution is 14.0. The van der Waals surface area contributed by atoms with Gasteiger partial charge in [-0.05, 0) is 32.3 Å². The molecular formula is C17H26F2IN3O2. The van der Waals surface area contributed by atoms with Crippen LogP contribution in [0.2, 0.25) is 0 Å². The van der Waals surface area contributed by atoms with Crippen molar-refractivity contribution in [1.82, 2.24) is 10.6 Å². The van der Waals surface area contributed by atoms with Crippen LogP contribution in [0.3, 0.4) is 0 Å². The molecule has 0 heterocycles. The minimum absolute atomic E-state index is 0. The molecule has 1 aliphatic carbocycles. The van der Waals surface area contributed by atoms with E-state index in [-0.39, 0.29) is 36.3 Å². The van der Waals surface area contributed by atoms with E-state index in [1.807, 2.05) is 6.92 Å². The number of benzene rings is 1. The van der Waals surface area contributed by atoms with Crippen molar-refractivity contribution in [2.45, 2.75) is 46.4 Å². The maximum absolute atomic E-state index is 12.7. The van der Waals surface area contributed by atoms with Gasteiger partial charge in [-0.1, -0.05) is 19.1 Å². The molecule has 2 unspecified atom stereocenters. The molecule has 1 aliphatic rings. The zero-order valence-corrected chi connectivity index (χ0v) is 17.1. The van der Waals surface area contributed by atoms with Crippen LogP contribution in [0.15, 0.2) is 23.2 Å². The smallest absolute Gasteiger partial charge is 0.387 e. The van der Waals surface area contributed by atoms with Crippen molar-refractivity contribution in [3.05, 3.63) is 23.8 Å². The molecule has 1 aromatic carbocycles. The van der Waals surface area contributed by atoms with Crippen LogP contribution in [0.1, 0.15) is 32.8 Å². The number of nitrogens with zero attached hydrogens (tertiary/aromatic N) is 1. The van der Waals surface area contributed by atoms with Gasteiger partial charge in [-0.2, -0.15) is 8.78 Å². The van der Waals surface area contributed by atoms with E-state index >= 15 is 0 Å². The van der Waals surface area contributed by atoms with Gasteiger partial charge in [0.15, 0.2) is 17.5 Å². The van der Waals surface area contributed by atoms with Crippen LogP contribution in [0, 0.1) is 5.92 Å². The van der Waals surface area contributed by atoms with Crippen LogP contribution < -0.4 is 20.1 Å². The quantitative estimate of drug-likeness (QED) is 0.346. The van der Waals surface area contributed by atoms with Crippen LogP contribution >= 0.6 is 24.0 Å². The first kappa shape index (κ1) is 21.7. The number of guanidine groups is 1. The maximum Gasteiger partial charge on any atom is 0.387 e. The lowest BCUT2D eigenvalue weighted by Gasteiger charge is -2.15. The number of halogens is 3. The summed E-state index contributed by atoms with van der Waals surface area (Å²) >= 11 is 0. The van der Waals surface area contributed by atoms with Gasteiger partial charge in [-0.25, -0.2) is 4.99 Å². The zero-order chi connectivity index (χ0) is 17.5. The average Bonchev–Trinajstić information content (AvgIpc) is 3.22. The Labute approximate surface area is 164 Å². The number of rotatable bonds is 8. The summed E-state index contributed by atoms with van der Waals surface area (Å²) in [5.74, 6) is 1.66. The fraction of sp³-hybridized carbons (Fsp3) is 0.588. The van der Waals surface area contributed by atoms with Gasteiger partial charge in [0.05, 0.1) is 13.2 Å². The number of ether oxygens (including phenoxy) is 2. The van der Waals surface area contributed by atoms with Crippen LogP contribution in [-0.2, 0) is 6.54 Å². The van der Waals surface area contributed by atoms with E-state index in [2.05, 4.69) is 27.3 Å². The Kier molecular flexibility index (Phi) is 9.23. The highest BCUT2D eigenvalue weighted by Crippen LogP contribution is 2.33. The van der Waals surface area contributed by atoms with Crippen molar-refractivity contribution in [2.75, 3.05) is 13.2 Å². The molecule has 0 aliphatic heterocycles. The fourth-order valence-corrected chi connectivity index (χ4v) is 2.36. The van der Waals surface area contributed by atoms with Crippen LogP contribution in [0.4, 0.5) is 8.78 Å². The molecule has 0 spiro atoms. The summed E-state index contributed by atoms with van der Waals surface area (Å²) in [5, 5.41) is 6.49. The SMILES string of the molecule is CCNC(=NCc1cccc(OCC)c1OC(F)F)NC1CC1C.I. The number of nitrogens with one attached hydrogen (secondary N) is 2. The van der Waals surface area contributed by atoms with Gasteiger partial charge >= 0.3 is 6.61 Å². The predicted octanol–water partition coefficient (Wildman–Crippen LogP) is 3.77. The van der Waals surface area contributed by atoms with E-state index in [9.17, 15) is 8.78 Å². The molecule has 0 saturated heterocycles. The van der Waals surface area contributed by atoms with E-state index < -0.39 is 6.61 Å². The number of hydrogen-bond donors (Lipinski definition) is 2. The molecule has 2 rings (SSSR count). The largest absolute Gasteiger partial charge is 0.490 e. The molecule has 0 bridgehead atoms. The summed E-state index contributed by atoms with van der Waals surface area (Å²) in [7, 11) is 0. The number of aliphatic imine (C=N–C) groups is 1. The summed E-state index contributed by atoms with van der Waals surface area (Å²) in [6.07, 6.45) is 1.12.